The van der Waals surface area contributed by atoms with Crippen molar-refractivity contribution in [3.63, 3.8) is 0 Å². The monoisotopic (exact) mass is 424 g/mol. The summed E-state index contributed by atoms with van der Waals surface area (Å²) in [5.74, 6) is 1.24. The minimum Gasteiger partial charge on any atom is -0.497 e. The van der Waals surface area contributed by atoms with Crippen LogP contribution in [0.5, 0.6) is 11.5 Å². The van der Waals surface area contributed by atoms with Gasteiger partial charge < -0.3 is 20.1 Å². The highest BCUT2D eigenvalue weighted by Gasteiger charge is 2.57. The Morgan fingerprint density at radius 3 is 2.81 bits per heavy atom. The molecule has 1 aliphatic heterocycles. The topological polar surface area (TPSA) is 94.5 Å². The van der Waals surface area contributed by atoms with Crippen molar-refractivity contribution in [3.8, 4) is 11.5 Å². The quantitative estimate of drug-likeness (QED) is 0.790. The van der Waals surface area contributed by atoms with Crippen LogP contribution in [0.2, 0.25) is 0 Å². The van der Waals surface area contributed by atoms with Crippen molar-refractivity contribution in [2.75, 3.05) is 12.4 Å². The Morgan fingerprint density at radius 2 is 2.16 bits per heavy atom. The minimum absolute atomic E-state index is 0.0351. The zero-order chi connectivity index (χ0) is 21.9. The van der Waals surface area contributed by atoms with Gasteiger partial charge >= 0.3 is 0 Å². The molecule has 1 aromatic heterocycles. The number of benzene rings is 1. The van der Waals surface area contributed by atoms with E-state index in [4.69, 9.17) is 9.47 Å². The van der Waals surface area contributed by atoms with E-state index in [-0.39, 0.29) is 29.6 Å². The highest BCUT2D eigenvalue weighted by molar-refractivity contribution is 5.99. The number of aromatic nitrogens is 2. The van der Waals surface area contributed by atoms with Crippen LogP contribution in [0, 0.1) is 31.6 Å². The molecule has 4 atom stereocenters. The maximum absolute atomic E-state index is 13.2. The molecule has 4 unspecified atom stereocenters. The summed E-state index contributed by atoms with van der Waals surface area (Å²) in [5, 5.41) is 10.7. The maximum Gasteiger partial charge on any atom is 0.258 e. The number of carbonyl (C=O) groups excluding carboxylic acids is 2. The van der Waals surface area contributed by atoms with Gasteiger partial charge in [-0.1, -0.05) is 0 Å². The van der Waals surface area contributed by atoms with Crippen molar-refractivity contribution in [2.45, 2.75) is 45.3 Å². The largest absolute Gasteiger partial charge is 0.497 e. The van der Waals surface area contributed by atoms with E-state index in [1.54, 1.807) is 30.0 Å². The number of rotatable bonds is 3. The Hall–Kier alpha value is -3.03. The molecule has 2 bridgehead atoms. The molecule has 3 aliphatic carbocycles. The summed E-state index contributed by atoms with van der Waals surface area (Å²) in [6, 6.07) is 5.26. The molecule has 31 heavy (non-hydrogen) atoms. The van der Waals surface area contributed by atoms with E-state index in [2.05, 4.69) is 15.7 Å². The van der Waals surface area contributed by atoms with Gasteiger partial charge in [-0.25, -0.2) is 0 Å². The van der Waals surface area contributed by atoms with Gasteiger partial charge in [0.15, 0.2) is 5.72 Å². The molecule has 4 aliphatic rings. The molecule has 0 radical (unpaired) electrons. The lowest BCUT2D eigenvalue weighted by molar-refractivity contribution is -0.142. The van der Waals surface area contributed by atoms with E-state index in [0.717, 1.165) is 29.9 Å². The van der Waals surface area contributed by atoms with Crippen LogP contribution in [0.25, 0.3) is 0 Å². The van der Waals surface area contributed by atoms with Crippen LogP contribution in [-0.4, -0.2) is 34.4 Å². The minimum atomic E-state index is -0.754. The van der Waals surface area contributed by atoms with E-state index in [0.29, 0.717) is 29.9 Å². The first-order chi connectivity index (χ1) is 14.8. The Bertz CT molecular complexity index is 1080. The lowest BCUT2D eigenvalue weighted by Crippen LogP contribution is -2.66. The molecule has 1 aromatic carbocycles. The maximum atomic E-state index is 13.2. The molecule has 2 heterocycles. The second-order valence-corrected chi connectivity index (χ2v) is 9.05. The molecule has 2 amide bonds. The fourth-order valence-electron chi connectivity index (χ4n) is 5.61. The molecule has 2 N–H and O–H groups in total. The van der Waals surface area contributed by atoms with Gasteiger partial charge in [0, 0.05) is 31.4 Å². The van der Waals surface area contributed by atoms with Crippen LogP contribution in [0.3, 0.4) is 0 Å². The van der Waals surface area contributed by atoms with Crippen LogP contribution in [0.4, 0.5) is 5.69 Å². The number of fused-ring (bicyclic) bond motifs is 3. The van der Waals surface area contributed by atoms with Gasteiger partial charge in [-0.15, -0.1) is 0 Å². The van der Waals surface area contributed by atoms with E-state index < -0.39 is 5.72 Å². The molecule has 3 saturated carbocycles. The van der Waals surface area contributed by atoms with Gasteiger partial charge in [0.1, 0.15) is 11.5 Å². The second-order valence-electron chi connectivity index (χ2n) is 9.05. The molecule has 1 spiro atoms. The predicted molar refractivity (Wildman–Crippen MR) is 114 cm³/mol. The lowest BCUT2D eigenvalue weighted by atomic mass is 9.60. The number of aryl methyl sites for hydroxylation is 2. The Balaban J connectivity index is 1.37. The van der Waals surface area contributed by atoms with Crippen molar-refractivity contribution in [1.29, 1.82) is 0 Å². The third-order valence-corrected chi connectivity index (χ3v) is 7.36. The van der Waals surface area contributed by atoms with Crippen LogP contribution in [-0.2, 0) is 11.8 Å². The molecule has 0 saturated heterocycles. The van der Waals surface area contributed by atoms with Gasteiger partial charge in [0.05, 0.1) is 29.7 Å². The summed E-state index contributed by atoms with van der Waals surface area (Å²) >= 11 is 0. The van der Waals surface area contributed by atoms with Gasteiger partial charge in [0.25, 0.3) is 5.91 Å². The highest BCUT2D eigenvalue weighted by atomic mass is 16.5. The molecule has 164 valence electrons. The van der Waals surface area contributed by atoms with Gasteiger partial charge in [-0.3, -0.25) is 14.3 Å². The third-order valence-electron chi connectivity index (χ3n) is 7.36. The first-order valence-electron chi connectivity index (χ1n) is 10.8. The predicted octanol–water partition coefficient (Wildman–Crippen LogP) is 2.94. The fraction of sp³-hybridized carbons (Fsp3) is 0.522. The SMILES string of the molecule is COc1ccc2c(c1)OC1(CC3CCC1CC3C(=O)Nc1c(C)nn(C)c1C)NC2=O. The normalized spacial score (nSPS) is 28.6. The second kappa shape index (κ2) is 7.00. The summed E-state index contributed by atoms with van der Waals surface area (Å²) in [7, 11) is 3.47. The van der Waals surface area contributed by atoms with Crippen LogP contribution in [0.15, 0.2) is 18.2 Å². The number of ether oxygens (including phenoxy) is 2. The zero-order valence-electron chi connectivity index (χ0n) is 18.3. The summed E-state index contributed by atoms with van der Waals surface area (Å²) in [6.45, 7) is 3.86. The van der Waals surface area contributed by atoms with E-state index >= 15 is 0 Å². The number of anilines is 1. The number of hydrogen-bond donors (Lipinski definition) is 2. The Kier molecular flexibility index (Phi) is 4.50. The molecular weight excluding hydrogens is 396 g/mol. The number of amides is 2. The first kappa shape index (κ1) is 19.9. The number of nitrogens with zero attached hydrogens (tertiary/aromatic N) is 2. The molecule has 8 heteroatoms. The molecular formula is C23H28N4O4. The van der Waals surface area contributed by atoms with E-state index in [9.17, 15) is 9.59 Å². The van der Waals surface area contributed by atoms with Crippen molar-refractivity contribution in [2.24, 2.45) is 24.8 Å². The van der Waals surface area contributed by atoms with Gasteiger partial charge in [-0.2, -0.15) is 5.10 Å². The van der Waals surface area contributed by atoms with Crippen molar-refractivity contribution >= 4 is 17.5 Å². The van der Waals surface area contributed by atoms with Gasteiger partial charge in [0.2, 0.25) is 5.91 Å². The number of methoxy groups -OCH3 is 1. The van der Waals surface area contributed by atoms with Gasteiger partial charge in [-0.05, 0) is 51.2 Å². The summed E-state index contributed by atoms with van der Waals surface area (Å²) in [4.78, 5) is 26.0. The summed E-state index contributed by atoms with van der Waals surface area (Å²) in [6.07, 6.45) is 3.20. The van der Waals surface area contributed by atoms with Crippen molar-refractivity contribution < 1.29 is 19.1 Å². The summed E-state index contributed by atoms with van der Waals surface area (Å²) < 4.78 is 13.5. The molecule has 6 rings (SSSR count). The molecule has 2 aromatic rings. The van der Waals surface area contributed by atoms with Crippen LogP contribution >= 0.6 is 0 Å². The number of carbonyl (C=O) groups is 2. The standard InChI is InChI=1S/C23H28N4O4/c1-12-20(13(2)27(3)26-12)24-21(28)18-9-15-6-5-14(18)11-23(15)25-22(29)17-8-7-16(30-4)10-19(17)31-23/h7-8,10,14-15,18H,5-6,9,11H2,1-4H3,(H,24,28)(H,25,29). The van der Waals surface area contributed by atoms with E-state index in [1.165, 1.54) is 0 Å². The molecule has 3 fully saturated rings. The van der Waals surface area contributed by atoms with Crippen molar-refractivity contribution in [3.05, 3.63) is 35.2 Å². The fourth-order valence-corrected chi connectivity index (χ4v) is 5.61. The smallest absolute Gasteiger partial charge is 0.258 e. The average Bonchev–Trinajstić information content (AvgIpc) is 2.99. The number of hydrogen-bond acceptors (Lipinski definition) is 5. The Morgan fingerprint density at radius 1 is 1.35 bits per heavy atom. The van der Waals surface area contributed by atoms with E-state index in [1.807, 2.05) is 20.9 Å². The van der Waals surface area contributed by atoms with Crippen LogP contribution < -0.4 is 20.1 Å². The lowest BCUT2D eigenvalue weighted by Gasteiger charge is -2.55. The first-order valence-corrected chi connectivity index (χ1v) is 10.8. The van der Waals surface area contributed by atoms with Crippen molar-refractivity contribution in [1.82, 2.24) is 15.1 Å². The highest BCUT2D eigenvalue weighted by Crippen LogP contribution is 2.53. The Labute approximate surface area is 181 Å². The summed E-state index contributed by atoms with van der Waals surface area (Å²) in [5.41, 5.74) is 2.32. The third kappa shape index (κ3) is 3.07. The van der Waals surface area contributed by atoms with Crippen LogP contribution in [0.1, 0.15) is 47.4 Å². The number of nitrogens with one attached hydrogen (secondary N) is 2. The zero-order valence-corrected chi connectivity index (χ0v) is 18.3. The molecule has 8 nitrogen and oxygen atoms in total. The average molecular weight is 425 g/mol.